The van der Waals surface area contributed by atoms with E-state index in [4.69, 9.17) is 0 Å². The van der Waals surface area contributed by atoms with Crippen molar-refractivity contribution in [3.63, 3.8) is 0 Å². The van der Waals surface area contributed by atoms with Gasteiger partial charge in [-0.25, -0.2) is 0 Å². The summed E-state index contributed by atoms with van der Waals surface area (Å²) in [5.41, 5.74) is 0.277. The Balaban J connectivity index is 2.44. The number of halogens is 3. The molecule has 0 saturated heterocycles. The number of nitrogens with one attached hydrogen (secondary N) is 1. The zero-order valence-electron chi connectivity index (χ0n) is 11.0. The van der Waals surface area contributed by atoms with Crippen LogP contribution in [0, 0.1) is 0 Å². The van der Waals surface area contributed by atoms with Crippen LogP contribution in [0.2, 0.25) is 0 Å². The standard InChI is InChI=1S/C14H20F3NS/c1-19-11-7-3-6-10-18-13(14(15,16)17)12-8-4-2-5-9-12/h2,4-5,8-9,13,18H,3,6-7,10-11H2,1H3. The lowest BCUT2D eigenvalue weighted by Crippen LogP contribution is -2.34. The lowest BCUT2D eigenvalue weighted by Gasteiger charge is -2.22. The van der Waals surface area contributed by atoms with Crippen molar-refractivity contribution >= 4 is 11.8 Å². The van der Waals surface area contributed by atoms with Crippen molar-refractivity contribution in [3.8, 4) is 0 Å². The van der Waals surface area contributed by atoms with Crippen LogP contribution in [-0.4, -0.2) is 24.7 Å². The summed E-state index contributed by atoms with van der Waals surface area (Å²) in [7, 11) is 0. The Bertz CT molecular complexity index is 340. The van der Waals surface area contributed by atoms with E-state index in [0.29, 0.717) is 6.54 Å². The molecule has 0 aromatic heterocycles. The minimum absolute atomic E-state index is 0.277. The first-order valence-electron chi connectivity index (χ1n) is 6.39. The Labute approximate surface area is 117 Å². The molecule has 1 atom stereocenters. The van der Waals surface area contributed by atoms with Crippen LogP contribution in [0.1, 0.15) is 30.9 Å². The minimum Gasteiger partial charge on any atom is -0.302 e. The first-order valence-corrected chi connectivity index (χ1v) is 7.79. The highest BCUT2D eigenvalue weighted by Gasteiger charge is 2.40. The van der Waals surface area contributed by atoms with E-state index in [1.54, 1.807) is 30.0 Å². The molecule has 1 rings (SSSR count). The SMILES string of the molecule is CSCCCCCNC(c1ccccc1)C(F)(F)F. The highest BCUT2D eigenvalue weighted by Crippen LogP contribution is 2.32. The smallest absolute Gasteiger partial charge is 0.302 e. The molecule has 1 aromatic carbocycles. The molecule has 0 aliphatic heterocycles. The maximum absolute atomic E-state index is 13.0. The second-order valence-corrected chi connectivity index (χ2v) is 5.38. The van der Waals surface area contributed by atoms with Gasteiger partial charge in [0.05, 0.1) is 0 Å². The van der Waals surface area contributed by atoms with Gasteiger partial charge in [-0.2, -0.15) is 24.9 Å². The Kier molecular flexibility index (Phi) is 7.31. The van der Waals surface area contributed by atoms with Gasteiger partial charge in [0.1, 0.15) is 6.04 Å². The molecular weight excluding hydrogens is 271 g/mol. The van der Waals surface area contributed by atoms with Crippen LogP contribution < -0.4 is 5.32 Å². The maximum atomic E-state index is 13.0. The van der Waals surface area contributed by atoms with Crippen molar-refractivity contribution in [1.29, 1.82) is 0 Å². The first-order chi connectivity index (χ1) is 9.05. The Morgan fingerprint density at radius 1 is 1.11 bits per heavy atom. The summed E-state index contributed by atoms with van der Waals surface area (Å²) in [6.45, 7) is 0.396. The van der Waals surface area contributed by atoms with Gasteiger partial charge in [-0.3, -0.25) is 0 Å². The summed E-state index contributed by atoms with van der Waals surface area (Å²) < 4.78 is 38.9. The molecule has 1 N–H and O–H groups in total. The van der Waals surface area contributed by atoms with Crippen molar-refractivity contribution < 1.29 is 13.2 Å². The van der Waals surface area contributed by atoms with E-state index in [1.165, 1.54) is 12.1 Å². The first kappa shape index (κ1) is 16.4. The molecule has 0 spiro atoms. The van der Waals surface area contributed by atoms with Crippen molar-refractivity contribution in [2.75, 3.05) is 18.6 Å². The summed E-state index contributed by atoms with van der Waals surface area (Å²) in [6.07, 6.45) is 0.589. The second kappa shape index (κ2) is 8.48. The Hall–Kier alpha value is -0.680. The number of benzene rings is 1. The molecule has 108 valence electrons. The molecule has 0 fully saturated rings. The van der Waals surface area contributed by atoms with E-state index >= 15 is 0 Å². The molecule has 0 saturated carbocycles. The molecule has 1 aromatic rings. The highest BCUT2D eigenvalue weighted by atomic mass is 32.2. The molecule has 0 amide bonds. The molecule has 19 heavy (non-hydrogen) atoms. The molecule has 0 aliphatic carbocycles. The molecule has 0 radical (unpaired) electrons. The quantitative estimate of drug-likeness (QED) is 0.712. The third-order valence-electron chi connectivity index (χ3n) is 2.83. The fourth-order valence-electron chi connectivity index (χ4n) is 1.86. The predicted octanol–water partition coefficient (Wildman–Crippen LogP) is 4.41. The van der Waals surface area contributed by atoms with Crippen molar-refractivity contribution in [2.45, 2.75) is 31.5 Å². The van der Waals surface area contributed by atoms with E-state index in [0.717, 1.165) is 25.0 Å². The summed E-state index contributed by atoms with van der Waals surface area (Å²) in [5, 5.41) is 2.62. The molecule has 0 heterocycles. The van der Waals surface area contributed by atoms with Gasteiger partial charge in [-0.15, -0.1) is 0 Å². The topological polar surface area (TPSA) is 12.0 Å². The Morgan fingerprint density at radius 2 is 1.79 bits per heavy atom. The summed E-state index contributed by atoms with van der Waals surface area (Å²) in [6, 6.07) is 6.45. The van der Waals surface area contributed by atoms with Gasteiger partial charge in [-0.1, -0.05) is 36.8 Å². The number of thioether (sulfide) groups is 1. The van der Waals surface area contributed by atoms with Crippen LogP contribution in [0.25, 0.3) is 0 Å². The van der Waals surface area contributed by atoms with Gasteiger partial charge in [0.2, 0.25) is 0 Å². The predicted molar refractivity (Wildman–Crippen MR) is 75.5 cm³/mol. The van der Waals surface area contributed by atoms with Crippen molar-refractivity contribution in [1.82, 2.24) is 5.32 Å². The highest BCUT2D eigenvalue weighted by molar-refractivity contribution is 7.98. The van der Waals surface area contributed by atoms with Crippen LogP contribution in [0.15, 0.2) is 30.3 Å². The Morgan fingerprint density at radius 3 is 2.37 bits per heavy atom. The number of hydrogen-bond donors (Lipinski definition) is 1. The van der Waals surface area contributed by atoms with Crippen molar-refractivity contribution in [3.05, 3.63) is 35.9 Å². The monoisotopic (exact) mass is 291 g/mol. The number of hydrogen-bond acceptors (Lipinski definition) is 2. The van der Waals surface area contributed by atoms with Gasteiger partial charge < -0.3 is 5.32 Å². The molecule has 1 unspecified atom stereocenters. The average Bonchev–Trinajstić information content (AvgIpc) is 2.37. The van der Waals surface area contributed by atoms with Crippen LogP contribution in [-0.2, 0) is 0 Å². The minimum atomic E-state index is -4.25. The van der Waals surface area contributed by atoms with Crippen molar-refractivity contribution in [2.24, 2.45) is 0 Å². The van der Waals surface area contributed by atoms with Crippen LogP contribution in [0.3, 0.4) is 0 Å². The lowest BCUT2D eigenvalue weighted by molar-refractivity contribution is -0.157. The largest absolute Gasteiger partial charge is 0.407 e. The summed E-state index contributed by atoms with van der Waals surface area (Å²) in [5.74, 6) is 1.07. The molecule has 0 bridgehead atoms. The van der Waals surface area contributed by atoms with Gasteiger partial charge in [0.15, 0.2) is 0 Å². The summed E-state index contributed by atoms with van der Waals surface area (Å²) in [4.78, 5) is 0. The second-order valence-electron chi connectivity index (χ2n) is 4.39. The third kappa shape index (κ3) is 6.34. The average molecular weight is 291 g/mol. The van der Waals surface area contributed by atoms with Gasteiger partial charge >= 0.3 is 6.18 Å². The number of alkyl halides is 3. The fraction of sp³-hybridized carbons (Fsp3) is 0.571. The van der Waals surface area contributed by atoms with E-state index in [9.17, 15) is 13.2 Å². The molecule has 0 aliphatic rings. The normalized spacial score (nSPS) is 13.5. The van der Waals surface area contributed by atoms with Gasteiger partial charge in [0, 0.05) is 0 Å². The third-order valence-corrected chi connectivity index (χ3v) is 3.53. The number of rotatable bonds is 8. The van der Waals surface area contributed by atoms with E-state index in [2.05, 4.69) is 5.32 Å². The van der Waals surface area contributed by atoms with E-state index < -0.39 is 12.2 Å². The zero-order valence-corrected chi connectivity index (χ0v) is 11.9. The number of unbranched alkanes of at least 4 members (excludes halogenated alkanes) is 2. The van der Waals surface area contributed by atoms with Crippen LogP contribution >= 0.6 is 11.8 Å². The fourth-order valence-corrected chi connectivity index (χ4v) is 2.36. The van der Waals surface area contributed by atoms with Gasteiger partial charge in [-0.05, 0) is 37.0 Å². The van der Waals surface area contributed by atoms with Gasteiger partial charge in [0.25, 0.3) is 0 Å². The lowest BCUT2D eigenvalue weighted by atomic mass is 10.1. The zero-order chi connectivity index (χ0) is 14.1. The van der Waals surface area contributed by atoms with E-state index in [1.807, 2.05) is 6.26 Å². The summed E-state index contributed by atoms with van der Waals surface area (Å²) >= 11 is 1.77. The van der Waals surface area contributed by atoms with Crippen LogP contribution in [0.4, 0.5) is 13.2 Å². The van der Waals surface area contributed by atoms with E-state index in [-0.39, 0.29) is 5.56 Å². The van der Waals surface area contributed by atoms with Crippen LogP contribution in [0.5, 0.6) is 0 Å². The molecule has 1 nitrogen and oxygen atoms in total. The maximum Gasteiger partial charge on any atom is 0.407 e. The molecular formula is C14H20F3NS. The molecule has 5 heteroatoms.